The van der Waals surface area contributed by atoms with Crippen LogP contribution in [-0.2, 0) is 11.8 Å². The van der Waals surface area contributed by atoms with E-state index in [1.807, 2.05) is 73.1 Å². The Kier molecular flexibility index (Phi) is 7.52. The average Bonchev–Trinajstić information content (AvgIpc) is 3.12. The van der Waals surface area contributed by atoms with E-state index in [2.05, 4.69) is 29.4 Å². The zero-order chi connectivity index (χ0) is 21.5. The summed E-state index contributed by atoms with van der Waals surface area (Å²) in [6.45, 7) is 6.91. The quantitative estimate of drug-likeness (QED) is 0.513. The predicted molar refractivity (Wildman–Crippen MR) is 120 cm³/mol. The molecule has 1 atom stereocenters. The van der Waals surface area contributed by atoms with E-state index in [1.165, 1.54) is 11.8 Å². The first-order valence-corrected chi connectivity index (χ1v) is 11.0. The molecule has 1 heterocycles. The van der Waals surface area contributed by atoms with E-state index in [0.29, 0.717) is 17.7 Å². The fraction of sp³-hybridized carbons (Fsp3) is 0.348. The minimum Gasteiger partial charge on any atom is -0.493 e. The van der Waals surface area contributed by atoms with Gasteiger partial charge in [0.1, 0.15) is 5.75 Å². The molecular formula is C23H28N4O2S. The summed E-state index contributed by atoms with van der Waals surface area (Å²) < 4.78 is 7.64. The maximum Gasteiger partial charge on any atom is 0.230 e. The molecule has 0 aliphatic rings. The second-order valence-electron chi connectivity index (χ2n) is 7.58. The molecule has 0 radical (unpaired) electrons. The van der Waals surface area contributed by atoms with Crippen LogP contribution in [0.25, 0.3) is 11.4 Å². The van der Waals surface area contributed by atoms with Crippen LogP contribution in [0.2, 0.25) is 0 Å². The molecule has 1 amide bonds. The number of rotatable bonds is 9. The molecule has 0 spiro atoms. The zero-order valence-corrected chi connectivity index (χ0v) is 18.6. The van der Waals surface area contributed by atoms with Gasteiger partial charge in [0.15, 0.2) is 11.0 Å². The second-order valence-corrected chi connectivity index (χ2v) is 8.53. The van der Waals surface area contributed by atoms with E-state index in [0.717, 1.165) is 22.7 Å². The van der Waals surface area contributed by atoms with Crippen molar-refractivity contribution in [3.63, 3.8) is 0 Å². The fourth-order valence-corrected chi connectivity index (χ4v) is 3.62. The molecule has 0 fully saturated rings. The molecule has 7 heteroatoms. The lowest BCUT2D eigenvalue weighted by Crippen LogP contribution is -2.28. The van der Waals surface area contributed by atoms with Gasteiger partial charge in [0.2, 0.25) is 5.91 Å². The number of hydrogen-bond acceptors (Lipinski definition) is 5. The van der Waals surface area contributed by atoms with Gasteiger partial charge in [-0.05, 0) is 42.7 Å². The highest BCUT2D eigenvalue weighted by Crippen LogP contribution is 2.25. The van der Waals surface area contributed by atoms with Gasteiger partial charge in [0.05, 0.1) is 18.4 Å². The van der Waals surface area contributed by atoms with Crippen molar-refractivity contribution in [1.29, 1.82) is 0 Å². The Hall–Kier alpha value is -2.80. The van der Waals surface area contributed by atoms with Crippen LogP contribution >= 0.6 is 11.8 Å². The summed E-state index contributed by atoms with van der Waals surface area (Å²) in [4.78, 5) is 12.3. The van der Waals surface area contributed by atoms with Gasteiger partial charge < -0.3 is 14.6 Å². The number of carbonyl (C=O) groups is 1. The second kappa shape index (κ2) is 10.3. The number of nitrogens with one attached hydrogen (secondary N) is 1. The molecule has 1 unspecified atom stereocenters. The van der Waals surface area contributed by atoms with E-state index in [-0.39, 0.29) is 17.7 Å². The first kappa shape index (κ1) is 21.9. The summed E-state index contributed by atoms with van der Waals surface area (Å²) in [5, 5.41) is 12.3. The highest BCUT2D eigenvalue weighted by atomic mass is 32.2. The number of carbonyl (C=O) groups excluding carboxylic acids is 1. The number of nitrogens with zero attached hydrogens (tertiary/aromatic N) is 3. The summed E-state index contributed by atoms with van der Waals surface area (Å²) in [6.07, 6.45) is 0. The van der Waals surface area contributed by atoms with Gasteiger partial charge >= 0.3 is 0 Å². The maximum atomic E-state index is 12.3. The van der Waals surface area contributed by atoms with Crippen LogP contribution in [-0.4, -0.2) is 33.0 Å². The number of amides is 1. The molecule has 1 aromatic heterocycles. The molecule has 3 aromatic rings. The Morgan fingerprint density at radius 1 is 1.07 bits per heavy atom. The van der Waals surface area contributed by atoms with Crippen molar-refractivity contribution in [1.82, 2.24) is 20.1 Å². The van der Waals surface area contributed by atoms with Gasteiger partial charge in [-0.1, -0.05) is 55.9 Å². The minimum absolute atomic E-state index is 0.0347. The van der Waals surface area contributed by atoms with E-state index in [9.17, 15) is 4.79 Å². The van der Waals surface area contributed by atoms with Gasteiger partial charge in [-0.25, -0.2) is 0 Å². The van der Waals surface area contributed by atoms with Crippen molar-refractivity contribution in [3.8, 4) is 17.1 Å². The first-order valence-electron chi connectivity index (χ1n) is 10.0. The molecule has 0 aliphatic heterocycles. The van der Waals surface area contributed by atoms with Crippen molar-refractivity contribution < 1.29 is 9.53 Å². The number of thioether (sulfide) groups is 1. The number of aromatic nitrogens is 3. The lowest BCUT2D eigenvalue weighted by atomic mass is 10.1. The molecule has 0 aliphatic carbocycles. The third-order valence-corrected chi connectivity index (χ3v) is 5.56. The fourth-order valence-electron chi connectivity index (χ4n) is 2.89. The lowest BCUT2D eigenvalue weighted by Gasteiger charge is -2.14. The molecular weight excluding hydrogens is 396 g/mol. The Bertz CT molecular complexity index is 955. The first-order chi connectivity index (χ1) is 14.4. The maximum absolute atomic E-state index is 12.3. The summed E-state index contributed by atoms with van der Waals surface area (Å²) >= 11 is 1.37. The van der Waals surface area contributed by atoms with Gasteiger partial charge in [-0.3, -0.25) is 4.79 Å². The summed E-state index contributed by atoms with van der Waals surface area (Å²) in [5.41, 5.74) is 2.04. The summed E-state index contributed by atoms with van der Waals surface area (Å²) in [7, 11) is 1.91. The Labute approximate surface area is 182 Å². The summed E-state index contributed by atoms with van der Waals surface area (Å²) in [6, 6.07) is 17.7. The number of benzene rings is 2. The van der Waals surface area contributed by atoms with Crippen LogP contribution < -0.4 is 10.1 Å². The number of ether oxygens (including phenoxy) is 1. The van der Waals surface area contributed by atoms with Crippen LogP contribution in [0.3, 0.4) is 0 Å². The van der Waals surface area contributed by atoms with E-state index >= 15 is 0 Å². The largest absolute Gasteiger partial charge is 0.493 e. The third kappa shape index (κ3) is 5.86. The lowest BCUT2D eigenvalue weighted by molar-refractivity contribution is -0.119. The third-order valence-electron chi connectivity index (χ3n) is 4.54. The van der Waals surface area contributed by atoms with E-state index in [1.54, 1.807) is 0 Å². The molecule has 30 heavy (non-hydrogen) atoms. The monoisotopic (exact) mass is 424 g/mol. The molecule has 6 nitrogen and oxygen atoms in total. The van der Waals surface area contributed by atoms with Crippen LogP contribution in [0.5, 0.6) is 5.75 Å². The van der Waals surface area contributed by atoms with Crippen molar-refractivity contribution in [2.24, 2.45) is 13.0 Å². The highest BCUT2D eigenvalue weighted by Gasteiger charge is 2.14. The smallest absolute Gasteiger partial charge is 0.230 e. The Balaban J connectivity index is 1.57. The molecule has 2 aromatic carbocycles. The molecule has 1 N–H and O–H groups in total. The van der Waals surface area contributed by atoms with Gasteiger partial charge in [0, 0.05) is 12.6 Å². The predicted octanol–water partition coefficient (Wildman–Crippen LogP) is 4.49. The van der Waals surface area contributed by atoms with Gasteiger partial charge in [-0.15, -0.1) is 10.2 Å². The zero-order valence-electron chi connectivity index (χ0n) is 17.8. The SMILES string of the molecule is CC(C)COc1ccc(-c2nnc(SCC(=O)NC(C)c3ccccc3)n2C)cc1. The van der Waals surface area contributed by atoms with Crippen molar-refractivity contribution in [2.45, 2.75) is 32.0 Å². The highest BCUT2D eigenvalue weighted by molar-refractivity contribution is 7.99. The summed E-state index contributed by atoms with van der Waals surface area (Å²) in [5.74, 6) is 2.33. The Morgan fingerprint density at radius 2 is 1.77 bits per heavy atom. The van der Waals surface area contributed by atoms with Crippen molar-refractivity contribution >= 4 is 17.7 Å². The van der Waals surface area contributed by atoms with E-state index in [4.69, 9.17) is 4.74 Å². The molecule has 3 rings (SSSR count). The standard InChI is InChI=1S/C23H28N4O2S/c1-16(2)14-29-20-12-10-19(11-13-20)22-25-26-23(27(22)4)30-15-21(28)24-17(3)18-8-6-5-7-9-18/h5-13,16-17H,14-15H2,1-4H3,(H,24,28). The van der Waals surface area contributed by atoms with Crippen LogP contribution in [0.15, 0.2) is 59.8 Å². The molecule has 0 saturated carbocycles. The van der Waals surface area contributed by atoms with E-state index < -0.39 is 0 Å². The average molecular weight is 425 g/mol. The van der Waals surface area contributed by atoms with Gasteiger partial charge in [0.25, 0.3) is 0 Å². The molecule has 0 saturated heterocycles. The number of hydrogen-bond donors (Lipinski definition) is 1. The van der Waals surface area contributed by atoms with Crippen molar-refractivity contribution in [3.05, 3.63) is 60.2 Å². The molecule has 0 bridgehead atoms. The molecule has 158 valence electrons. The Morgan fingerprint density at radius 3 is 2.43 bits per heavy atom. The van der Waals surface area contributed by atoms with Crippen molar-refractivity contribution in [2.75, 3.05) is 12.4 Å². The normalized spacial score (nSPS) is 12.0. The van der Waals surface area contributed by atoms with Crippen LogP contribution in [0, 0.1) is 5.92 Å². The van der Waals surface area contributed by atoms with Crippen LogP contribution in [0.4, 0.5) is 0 Å². The van der Waals surface area contributed by atoms with Gasteiger partial charge in [-0.2, -0.15) is 0 Å². The van der Waals surface area contributed by atoms with Crippen LogP contribution in [0.1, 0.15) is 32.4 Å². The topological polar surface area (TPSA) is 69.0 Å². The minimum atomic E-state index is -0.0363.